The van der Waals surface area contributed by atoms with Crippen molar-refractivity contribution in [3.63, 3.8) is 0 Å². The smallest absolute Gasteiger partial charge is 0.132 e. The lowest BCUT2D eigenvalue weighted by Crippen LogP contribution is -1.96. The number of hydrogen-bond acceptors (Lipinski definition) is 1. The van der Waals surface area contributed by atoms with E-state index in [1.54, 1.807) is 12.1 Å². The Morgan fingerprint density at radius 2 is 2.29 bits per heavy atom. The van der Waals surface area contributed by atoms with Crippen LogP contribution in [0.4, 0.5) is 4.39 Å². The standard InChI is InChI=1S/C11H13ClFN/c1-8(3-2-6-14)10-5-4-9(12)7-11(10)13/h3-5,7H,2,6,14H2,1H3. The highest BCUT2D eigenvalue weighted by Gasteiger charge is 2.03. The predicted octanol–water partition coefficient (Wildman–Crippen LogP) is 3.23. The summed E-state index contributed by atoms with van der Waals surface area (Å²) < 4.78 is 13.4. The molecule has 0 unspecified atom stereocenters. The van der Waals surface area contributed by atoms with E-state index >= 15 is 0 Å². The second kappa shape index (κ2) is 5.13. The van der Waals surface area contributed by atoms with Gasteiger partial charge in [0.15, 0.2) is 0 Å². The molecule has 0 saturated heterocycles. The molecular formula is C11H13ClFN. The molecule has 0 radical (unpaired) electrons. The Morgan fingerprint density at radius 3 is 2.86 bits per heavy atom. The fraction of sp³-hybridized carbons (Fsp3) is 0.273. The summed E-state index contributed by atoms with van der Waals surface area (Å²) in [7, 11) is 0. The van der Waals surface area contributed by atoms with Crippen LogP contribution in [0.1, 0.15) is 18.9 Å². The number of allylic oxidation sites excluding steroid dienone is 1. The molecule has 1 aromatic rings. The molecule has 1 rings (SSSR count). The second-order valence-corrected chi connectivity index (χ2v) is 3.53. The molecule has 0 aromatic heterocycles. The maximum Gasteiger partial charge on any atom is 0.132 e. The molecule has 2 N–H and O–H groups in total. The van der Waals surface area contributed by atoms with E-state index < -0.39 is 0 Å². The fourth-order valence-electron chi connectivity index (χ4n) is 1.22. The van der Waals surface area contributed by atoms with E-state index in [1.165, 1.54) is 6.07 Å². The molecule has 0 aliphatic heterocycles. The highest BCUT2D eigenvalue weighted by molar-refractivity contribution is 6.30. The lowest BCUT2D eigenvalue weighted by molar-refractivity contribution is 0.624. The van der Waals surface area contributed by atoms with Crippen LogP contribution in [0.2, 0.25) is 5.02 Å². The van der Waals surface area contributed by atoms with Gasteiger partial charge in [0, 0.05) is 10.6 Å². The lowest BCUT2D eigenvalue weighted by atomic mass is 10.1. The van der Waals surface area contributed by atoms with E-state index in [-0.39, 0.29) is 5.82 Å². The Labute approximate surface area is 88.4 Å². The van der Waals surface area contributed by atoms with Gasteiger partial charge in [0.2, 0.25) is 0 Å². The number of halogens is 2. The van der Waals surface area contributed by atoms with E-state index in [0.29, 0.717) is 17.1 Å². The van der Waals surface area contributed by atoms with Gasteiger partial charge in [-0.25, -0.2) is 4.39 Å². The maximum absolute atomic E-state index is 13.4. The van der Waals surface area contributed by atoms with E-state index in [4.69, 9.17) is 17.3 Å². The van der Waals surface area contributed by atoms with E-state index in [0.717, 1.165) is 12.0 Å². The number of hydrogen-bond donors (Lipinski definition) is 1. The van der Waals surface area contributed by atoms with Crippen LogP contribution >= 0.6 is 11.6 Å². The van der Waals surface area contributed by atoms with Crippen LogP contribution in [-0.4, -0.2) is 6.54 Å². The highest BCUT2D eigenvalue weighted by Crippen LogP contribution is 2.21. The van der Waals surface area contributed by atoms with Crippen LogP contribution in [0.5, 0.6) is 0 Å². The maximum atomic E-state index is 13.4. The molecule has 1 aromatic carbocycles. The monoisotopic (exact) mass is 213 g/mol. The van der Waals surface area contributed by atoms with Crippen LogP contribution in [0.25, 0.3) is 5.57 Å². The second-order valence-electron chi connectivity index (χ2n) is 3.09. The van der Waals surface area contributed by atoms with Crippen molar-refractivity contribution >= 4 is 17.2 Å². The minimum Gasteiger partial charge on any atom is -0.330 e. The van der Waals surface area contributed by atoms with Crippen molar-refractivity contribution in [1.29, 1.82) is 0 Å². The third kappa shape index (κ3) is 2.82. The predicted molar refractivity (Wildman–Crippen MR) is 58.7 cm³/mol. The molecule has 0 amide bonds. The Balaban J connectivity index is 2.95. The quantitative estimate of drug-likeness (QED) is 0.820. The van der Waals surface area contributed by atoms with Gasteiger partial charge in [-0.15, -0.1) is 0 Å². The molecule has 76 valence electrons. The first-order valence-electron chi connectivity index (χ1n) is 4.47. The van der Waals surface area contributed by atoms with Crippen molar-refractivity contribution in [2.24, 2.45) is 5.73 Å². The molecule has 0 bridgehead atoms. The molecule has 0 aliphatic rings. The van der Waals surface area contributed by atoms with Crippen molar-refractivity contribution in [3.05, 3.63) is 40.7 Å². The van der Waals surface area contributed by atoms with Gasteiger partial charge in [0.1, 0.15) is 5.82 Å². The van der Waals surface area contributed by atoms with Crippen LogP contribution < -0.4 is 5.73 Å². The SMILES string of the molecule is CC(=CCCN)c1ccc(Cl)cc1F. The van der Waals surface area contributed by atoms with E-state index in [1.807, 2.05) is 13.0 Å². The Hall–Kier alpha value is -0.860. The zero-order chi connectivity index (χ0) is 10.6. The highest BCUT2D eigenvalue weighted by atomic mass is 35.5. The van der Waals surface area contributed by atoms with Gasteiger partial charge >= 0.3 is 0 Å². The van der Waals surface area contributed by atoms with Crippen LogP contribution in [0, 0.1) is 5.82 Å². The minimum atomic E-state index is -0.289. The van der Waals surface area contributed by atoms with E-state index in [2.05, 4.69) is 0 Å². The molecule has 14 heavy (non-hydrogen) atoms. The van der Waals surface area contributed by atoms with Crippen molar-refractivity contribution in [1.82, 2.24) is 0 Å². The zero-order valence-electron chi connectivity index (χ0n) is 8.06. The first-order chi connectivity index (χ1) is 6.65. The van der Waals surface area contributed by atoms with Crippen molar-refractivity contribution < 1.29 is 4.39 Å². The van der Waals surface area contributed by atoms with Crippen LogP contribution in [0.15, 0.2) is 24.3 Å². The summed E-state index contributed by atoms with van der Waals surface area (Å²) in [6, 6.07) is 4.68. The summed E-state index contributed by atoms with van der Waals surface area (Å²) in [5, 5.41) is 0.415. The largest absolute Gasteiger partial charge is 0.330 e. The van der Waals surface area contributed by atoms with Gasteiger partial charge in [0.25, 0.3) is 0 Å². The van der Waals surface area contributed by atoms with Crippen LogP contribution in [0.3, 0.4) is 0 Å². The van der Waals surface area contributed by atoms with Gasteiger partial charge in [0.05, 0.1) is 0 Å². The zero-order valence-corrected chi connectivity index (χ0v) is 8.81. The summed E-state index contributed by atoms with van der Waals surface area (Å²) in [6.45, 7) is 2.44. The Bertz CT molecular complexity index is 347. The summed E-state index contributed by atoms with van der Waals surface area (Å²) in [5.41, 5.74) is 6.84. The molecule has 0 aliphatic carbocycles. The lowest BCUT2D eigenvalue weighted by Gasteiger charge is -2.03. The van der Waals surface area contributed by atoms with Crippen LogP contribution in [-0.2, 0) is 0 Å². The Kier molecular flexibility index (Phi) is 4.11. The van der Waals surface area contributed by atoms with Crippen molar-refractivity contribution in [2.45, 2.75) is 13.3 Å². The van der Waals surface area contributed by atoms with Gasteiger partial charge in [-0.1, -0.05) is 23.7 Å². The molecule has 0 fully saturated rings. The molecule has 3 heteroatoms. The third-order valence-corrected chi connectivity index (χ3v) is 2.21. The van der Waals surface area contributed by atoms with E-state index in [9.17, 15) is 4.39 Å². The normalized spacial score (nSPS) is 11.9. The van der Waals surface area contributed by atoms with Gasteiger partial charge in [-0.2, -0.15) is 0 Å². The summed E-state index contributed by atoms with van der Waals surface area (Å²) in [4.78, 5) is 0. The van der Waals surface area contributed by atoms with Gasteiger partial charge < -0.3 is 5.73 Å². The molecule has 0 spiro atoms. The molecule has 0 saturated carbocycles. The average Bonchev–Trinajstić information content (AvgIpc) is 2.14. The fourth-order valence-corrected chi connectivity index (χ4v) is 1.38. The summed E-state index contributed by atoms with van der Waals surface area (Å²) in [6.07, 6.45) is 2.68. The topological polar surface area (TPSA) is 26.0 Å². The summed E-state index contributed by atoms with van der Waals surface area (Å²) in [5.74, 6) is -0.289. The first kappa shape index (κ1) is 11.2. The molecular weight excluding hydrogens is 201 g/mol. The minimum absolute atomic E-state index is 0.289. The third-order valence-electron chi connectivity index (χ3n) is 1.97. The number of nitrogens with two attached hydrogens (primary N) is 1. The van der Waals surface area contributed by atoms with Gasteiger partial charge in [-0.05, 0) is 37.6 Å². The summed E-state index contributed by atoms with van der Waals surface area (Å²) >= 11 is 5.65. The number of benzene rings is 1. The average molecular weight is 214 g/mol. The number of rotatable bonds is 3. The molecule has 0 heterocycles. The Morgan fingerprint density at radius 1 is 1.57 bits per heavy atom. The van der Waals surface area contributed by atoms with Gasteiger partial charge in [-0.3, -0.25) is 0 Å². The van der Waals surface area contributed by atoms with Crippen molar-refractivity contribution in [3.8, 4) is 0 Å². The molecule has 1 nitrogen and oxygen atoms in total. The molecule has 0 atom stereocenters. The van der Waals surface area contributed by atoms with Crippen molar-refractivity contribution in [2.75, 3.05) is 6.54 Å². The first-order valence-corrected chi connectivity index (χ1v) is 4.85.